The molecule has 0 spiro atoms. The van der Waals surface area contributed by atoms with E-state index in [1.54, 1.807) is 11.3 Å². The molecule has 3 nitrogen and oxygen atoms in total. The smallest absolute Gasteiger partial charge is 0.186 e. The summed E-state index contributed by atoms with van der Waals surface area (Å²) in [4.78, 5) is 8.24. The second-order valence-corrected chi connectivity index (χ2v) is 6.38. The van der Waals surface area contributed by atoms with E-state index in [-0.39, 0.29) is 6.04 Å². The Balaban J connectivity index is 2.98. The summed E-state index contributed by atoms with van der Waals surface area (Å²) in [7, 11) is 0. The van der Waals surface area contributed by atoms with Crippen molar-refractivity contribution >= 4 is 16.5 Å². The normalized spacial score (nSPS) is 13.5. The van der Waals surface area contributed by atoms with Crippen molar-refractivity contribution in [3.8, 4) is 0 Å². The van der Waals surface area contributed by atoms with Crippen LogP contribution < -0.4 is 10.6 Å². The van der Waals surface area contributed by atoms with Crippen LogP contribution in [0.1, 0.15) is 51.2 Å². The Labute approximate surface area is 109 Å². The lowest BCUT2D eigenvalue weighted by Crippen LogP contribution is -2.34. The van der Waals surface area contributed by atoms with Gasteiger partial charge in [-0.2, -0.15) is 0 Å². The molecule has 1 aromatic rings. The summed E-state index contributed by atoms with van der Waals surface area (Å²) < 4.78 is 0. The molecule has 2 N–H and O–H groups in total. The summed E-state index contributed by atoms with van der Waals surface area (Å²) in [5.41, 5.74) is 7.04. The van der Waals surface area contributed by atoms with Gasteiger partial charge in [0.1, 0.15) is 0 Å². The molecule has 0 aliphatic carbocycles. The van der Waals surface area contributed by atoms with Crippen molar-refractivity contribution in [3.05, 3.63) is 10.6 Å². The highest BCUT2D eigenvalue weighted by molar-refractivity contribution is 7.15. The Morgan fingerprint density at radius 2 is 1.82 bits per heavy atom. The average Bonchev–Trinajstić information content (AvgIpc) is 2.55. The summed E-state index contributed by atoms with van der Waals surface area (Å²) in [5, 5.41) is 1.11. The first-order valence-electron chi connectivity index (χ1n) is 6.32. The largest absolute Gasteiger partial charge is 0.345 e. The third kappa shape index (κ3) is 3.68. The quantitative estimate of drug-likeness (QED) is 0.877. The highest BCUT2D eigenvalue weighted by Gasteiger charge is 2.19. The Bertz CT molecular complexity index is 356. The molecule has 0 saturated heterocycles. The number of anilines is 1. The molecule has 0 bridgehead atoms. The number of hydrogen-bond acceptors (Lipinski definition) is 4. The van der Waals surface area contributed by atoms with Gasteiger partial charge >= 0.3 is 0 Å². The second kappa shape index (κ2) is 5.83. The molecule has 0 amide bonds. The molecule has 0 aliphatic heterocycles. The lowest BCUT2D eigenvalue weighted by atomic mass is 10.2. The summed E-state index contributed by atoms with van der Waals surface area (Å²) in [6.07, 6.45) is 0. The predicted molar refractivity (Wildman–Crippen MR) is 76.8 cm³/mol. The molecule has 0 aliphatic rings. The van der Waals surface area contributed by atoms with E-state index >= 15 is 0 Å². The fourth-order valence-electron chi connectivity index (χ4n) is 1.84. The van der Waals surface area contributed by atoms with Crippen molar-refractivity contribution in [2.45, 2.75) is 53.6 Å². The Hall–Kier alpha value is -0.610. The van der Waals surface area contributed by atoms with E-state index in [1.807, 2.05) is 13.8 Å². The lowest BCUT2D eigenvalue weighted by Gasteiger charge is -2.27. The number of thiazole rings is 1. The Morgan fingerprint density at radius 1 is 1.24 bits per heavy atom. The standard InChI is InChI=1S/C13H25N3S/c1-8(2)7-16(9(3)4)13-15-11(6)12(17-13)10(5)14/h8-10H,7,14H2,1-6H3. The van der Waals surface area contributed by atoms with Gasteiger partial charge in [0.05, 0.1) is 5.69 Å². The first kappa shape index (κ1) is 14.5. The number of nitrogens with zero attached hydrogens (tertiary/aromatic N) is 2. The highest BCUT2D eigenvalue weighted by atomic mass is 32.1. The summed E-state index contributed by atoms with van der Waals surface area (Å²) in [6, 6.07) is 0.554. The first-order valence-corrected chi connectivity index (χ1v) is 7.14. The van der Waals surface area contributed by atoms with Crippen LogP contribution in [0.5, 0.6) is 0 Å². The molecule has 1 atom stereocenters. The van der Waals surface area contributed by atoms with Crippen molar-refractivity contribution in [2.75, 3.05) is 11.4 Å². The van der Waals surface area contributed by atoms with Crippen LogP contribution in [0.15, 0.2) is 0 Å². The Morgan fingerprint density at radius 3 is 2.18 bits per heavy atom. The van der Waals surface area contributed by atoms with Crippen molar-refractivity contribution in [2.24, 2.45) is 11.7 Å². The van der Waals surface area contributed by atoms with Gasteiger partial charge in [-0.3, -0.25) is 0 Å². The third-order valence-electron chi connectivity index (χ3n) is 2.67. The van der Waals surface area contributed by atoms with Gasteiger partial charge in [-0.05, 0) is 33.6 Å². The fourth-order valence-corrected chi connectivity index (χ4v) is 3.00. The monoisotopic (exact) mass is 255 g/mol. The molecule has 1 rings (SSSR count). The van der Waals surface area contributed by atoms with Crippen LogP contribution in [0.2, 0.25) is 0 Å². The molecular formula is C13H25N3S. The fraction of sp³-hybridized carbons (Fsp3) is 0.769. The van der Waals surface area contributed by atoms with Gasteiger partial charge in [0, 0.05) is 23.5 Å². The summed E-state index contributed by atoms with van der Waals surface area (Å²) in [6.45, 7) is 14.0. The van der Waals surface area contributed by atoms with Gasteiger partial charge in [0.2, 0.25) is 0 Å². The lowest BCUT2D eigenvalue weighted by molar-refractivity contribution is 0.569. The van der Waals surface area contributed by atoms with Crippen LogP contribution in [-0.4, -0.2) is 17.6 Å². The SMILES string of the molecule is Cc1nc(N(CC(C)C)C(C)C)sc1C(C)N. The molecular weight excluding hydrogens is 230 g/mol. The molecule has 0 fully saturated rings. The molecule has 98 valence electrons. The summed E-state index contributed by atoms with van der Waals surface area (Å²) in [5.74, 6) is 0.639. The first-order chi connectivity index (χ1) is 7.82. The molecule has 1 unspecified atom stereocenters. The van der Waals surface area contributed by atoms with E-state index in [4.69, 9.17) is 5.73 Å². The number of nitrogens with two attached hydrogens (primary N) is 1. The number of aromatic nitrogens is 1. The van der Waals surface area contributed by atoms with Gasteiger partial charge in [-0.1, -0.05) is 13.8 Å². The average molecular weight is 255 g/mol. The minimum absolute atomic E-state index is 0.0781. The van der Waals surface area contributed by atoms with E-state index in [2.05, 4.69) is 37.6 Å². The molecule has 0 saturated carbocycles. The van der Waals surface area contributed by atoms with E-state index in [1.165, 1.54) is 4.88 Å². The molecule has 1 heterocycles. The minimum Gasteiger partial charge on any atom is -0.345 e. The van der Waals surface area contributed by atoms with Crippen LogP contribution in [-0.2, 0) is 0 Å². The van der Waals surface area contributed by atoms with Gasteiger partial charge < -0.3 is 10.6 Å². The van der Waals surface area contributed by atoms with Crippen molar-refractivity contribution < 1.29 is 0 Å². The zero-order chi connectivity index (χ0) is 13.2. The van der Waals surface area contributed by atoms with Crippen molar-refractivity contribution in [1.29, 1.82) is 0 Å². The van der Waals surface area contributed by atoms with Crippen LogP contribution in [0, 0.1) is 12.8 Å². The maximum atomic E-state index is 5.96. The van der Waals surface area contributed by atoms with Gasteiger partial charge in [0.15, 0.2) is 5.13 Å². The van der Waals surface area contributed by atoms with Crippen LogP contribution in [0.25, 0.3) is 0 Å². The molecule has 17 heavy (non-hydrogen) atoms. The zero-order valence-corrected chi connectivity index (χ0v) is 12.6. The number of hydrogen-bond donors (Lipinski definition) is 1. The minimum atomic E-state index is 0.0781. The van der Waals surface area contributed by atoms with Crippen LogP contribution >= 0.6 is 11.3 Å². The predicted octanol–water partition coefficient (Wildman–Crippen LogP) is 3.34. The summed E-state index contributed by atoms with van der Waals surface area (Å²) >= 11 is 1.74. The maximum absolute atomic E-state index is 5.96. The van der Waals surface area contributed by atoms with Crippen LogP contribution in [0.4, 0.5) is 5.13 Å². The van der Waals surface area contributed by atoms with Gasteiger partial charge in [-0.25, -0.2) is 4.98 Å². The molecule has 1 aromatic heterocycles. The molecule has 4 heteroatoms. The van der Waals surface area contributed by atoms with E-state index in [9.17, 15) is 0 Å². The molecule has 0 radical (unpaired) electrons. The van der Waals surface area contributed by atoms with Crippen molar-refractivity contribution in [3.63, 3.8) is 0 Å². The number of rotatable bonds is 5. The maximum Gasteiger partial charge on any atom is 0.186 e. The third-order valence-corrected chi connectivity index (χ3v) is 4.06. The zero-order valence-electron chi connectivity index (χ0n) is 11.8. The van der Waals surface area contributed by atoms with Gasteiger partial charge in [-0.15, -0.1) is 11.3 Å². The molecule has 0 aromatic carbocycles. The second-order valence-electron chi connectivity index (χ2n) is 5.37. The topological polar surface area (TPSA) is 42.2 Å². The van der Waals surface area contributed by atoms with E-state index in [0.29, 0.717) is 12.0 Å². The Kier molecular flexibility index (Phi) is 4.95. The van der Waals surface area contributed by atoms with E-state index in [0.717, 1.165) is 17.4 Å². The van der Waals surface area contributed by atoms with Crippen LogP contribution in [0.3, 0.4) is 0 Å². The highest BCUT2D eigenvalue weighted by Crippen LogP contribution is 2.31. The number of aryl methyl sites for hydroxylation is 1. The van der Waals surface area contributed by atoms with E-state index < -0.39 is 0 Å². The van der Waals surface area contributed by atoms with Crippen molar-refractivity contribution in [1.82, 2.24) is 4.98 Å². The van der Waals surface area contributed by atoms with Gasteiger partial charge in [0.25, 0.3) is 0 Å².